The van der Waals surface area contributed by atoms with Gasteiger partial charge in [-0.2, -0.15) is 0 Å². The van der Waals surface area contributed by atoms with Crippen molar-refractivity contribution < 1.29 is 9.21 Å². The van der Waals surface area contributed by atoms with E-state index in [1.807, 2.05) is 13.8 Å². The van der Waals surface area contributed by atoms with Crippen LogP contribution in [-0.2, 0) is 11.2 Å². The van der Waals surface area contributed by atoms with Gasteiger partial charge in [0.25, 0.3) is 0 Å². The van der Waals surface area contributed by atoms with E-state index in [2.05, 4.69) is 38.2 Å². The quantitative estimate of drug-likeness (QED) is 0.890. The lowest BCUT2D eigenvalue weighted by Gasteiger charge is -2.24. The first-order chi connectivity index (χ1) is 10.2. The topological polar surface area (TPSA) is 68.3 Å². The van der Waals surface area contributed by atoms with Crippen LogP contribution in [0.25, 0.3) is 11.0 Å². The minimum Gasteiger partial charge on any atom is -0.464 e. The highest BCUT2D eigenvalue weighted by atomic mass is 16.3. The maximum Gasteiger partial charge on any atom is 0.225 e. The molecule has 0 aliphatic rings. The van der Waals surface area contributed by atoms with Gasteiger partial charge in [0, 0.05) is 23.0 Å². The summed E-state index contributed by atoms with van der Waals surface area (Å²) >= 11 is 0. The summed E-state index contributed by atoms with van der Waals surface area (Å²) in [4.78, 5) is 12.2. The summed E-state index contributed by atoms with van der Waals surface area (Å²) in [5, 5.41) is 3.98. The van der Waals surface area contributed by atoms with Crippen molar-refractivity contribution in [3.8, 4) is 0 Å². The molecule has 0 unspecified atom stereocenters. The van der Waals surface area contributed by atoms with Crippen LogP contribution in [0.1, 0.15) is 50.3 Å². The summed E-state index contributed by atoms with van der Waals surface area (Å²) in [6.45, 7) is 10.7. The molecule has 0 bridgehead atoms. The molecule has 3 N–H and O–H groups in total. The summed E-state index contributed by atoms with van der Waals surface area (Å²) in [5.74, 6) is 0.405. The molecule has 0 radical (unpaired) electrons. The van der Waals surface area contributed by atoms with Crippen LogP contribution in [0.15, 0.2) is 22.8 Å². The van der Waals surface area contributed by atoms with Crippen molar-refractivity contribution >= 4 is 16.9 Å². The van der Waals surface area contributed by atoms with Crippen molar-refractivity contribution in [2.45, 2.75) is 52.5 Å². The van der Waals surface area contributed by atoms with Gasteiger partial charge in [0.1, 0.15) is 5.58 Å². The van der Waals surface area contributed by atoms with Crippen LogP contribution in [0.3, 0.4) is 0 Å². The van der Waals surface area contributed by atoms with Crippen molar-refractivity contribution in [3.05, 3.63) is 35.1 Å². The number of carbonyl (C=O) groups is 1. The normalized spacial score (nSPS) is 12.1. The highest BCUT2D eigenvalue weighted by Crippen LogP contribution is 2.29. The Balaban J connectivity index is 2.29. The molecule has 0 spiro atoms. The summed E-state index contributed by atoms with van der Waals surface area (Å²) in [7, 11) is 0. The van der Waals surface area contributed by atoms with Gasteiger partial charge >= 0.3 is 0 Å². The SMILES string of the molecule is Cc1cc2occ(CC(=O)NC(C)(C)CN)c2cc1C(C)C. The zero-order chi connectivity index (χ0) is 16.5. The number of nitrogens with one attached hydrogen (secondary N) is 1. The van der Waals surface area contributed by atoms with Crippen LogP contribution in [0, 0.1) is 6.92 Å². The van der Waals surface area contributed by atoms with Gasteiger partial charge in [-0.15, -0.1) is 0 Å². The van der Waals surface area contributed by atoms with E-state index in [0.29, 0.717) is 18.9 Å². The molecule has 4 nitrogen and oxygen atoms in total. The zero-order valence-corrected chi connectivity index (χ0v) is 14.1. The Kier molecular flexibility index (Phi) is 4.61. The summed E-state index contributed by atoms with van der Waals surface area (Å²) in [6.07, 6.45) is 1.99. The molecular weight excluding hydrogens is 276 g/mol. The Morgan fingerprint density at radius 1 is 1.36 bits per heavy atom. The maximum atomic E-state index is 12.2. The average Bonchev–Trinajstić information content (AvgIpc) is 2.79. The molecule has 0 saturated carbocycles. The Morgan fingerprint density at radius 2 is 2.05 bits per heavy atom. The van der Waals surface area contributed by atoms with Crippen LogP contribution >= 0.6 is 0 Å². The average molecular weight is 302 g/mol. The maximum absolute atomic E-state index is 12.2. The molecule has 2 rings (SSSR count). The fourth-order valence-corrected chi connectivity index (χ4v) is 2.65. The van der Waals surface area contributed by atoms with Crippen LogP contribution in [-0.4, -0.2) is 18.0 Å². The number of fused-ring (bicyclic) bond motifs is 1. The number of amides is 1. The first kappa shape index (κ1) is 16.6. The van der Waals surface area contributed by atoms with Gasteiger partial charge < -0.3 is 15.5 Å². The van der Waals surface area contributed by atoms with E-state index < -0.39 is 5.54 Å². The lowest BCUT2D eigenvalue weighted by molar-refractivity contribution is -0.121. The van der Waals surface area contributed by atoms with Crippen molar-refractivity contribution in [2.24, 2.45) is 5.73 Å². The fraction of sp³-hybridized carbons (Fsp3) is 0.500. The lowest BCUT2D eigenvalue weighted by atomic mass is 9.95. The zero-order valence-electron chi connectivity index (χ0n) is 14.1. The van der Waals surface area contributed by atoms with Gasteiger partial charge in [0.05, 0.1) is 12.7 Å². The Hall–Kier alpha value is -1.81. The van der Waals surface area contributed by atoms with E-state index in [9.17, 15) is 4.79 Å². The van der Waals surface area contributed by atoms with E-state index in [1.54, 1.807) is 6.26 Å². The molecule has 4 heteroatoms. The predicted molar refractivity (Wildman–Crippen MR) is 90.0 cm³/mol. The Labute approximate surface area is 132 Å². The largest absolute Gasteiger partial charge is 0.464 e. The summed E-state index contributed by atoms with van der Waals surface area (Å²) in [5.41, 5.74) is 9.53. The van der Waals surface area contributed by atoms with Crippen molar-refractivity contribution in [3.63, 3.8) is 0 Å². The molecule has 1 aromatic carbocycles. The molecule has 120 valence electrons. The minimum atomic E-state index is -0.393. The van der Waals surface area contributed by atoms with Gasteiger partial charge in [-0.1, -0.05) is 13.8 Å². The minimum absolute atomic E-state index is 0.0372. The first-order valence-corrected chi connectivity index (χ1v) is 7.75. The Bertz CT molecular complexity index is 684. The van der Waals surface area contributed by atoms with Crippen LogP contribution in [0.5, 0.6) is 0 Å². The number of hydrogen-bond donors (Lipinski definition) is 2. The molecule has 0 saturated heterocycles. The smallest absolute Gasteiger partial charge is 0.225 e. The lowest BCUT2D eigenvalue weighted by Crippen LogP contribution is -2.49. The highest BCUT2D eigenvalue weighted by Gasteiger charge is 2.20. The first-order valence-electron chi connectivity index (χ1n) is 7.75. The molecule has 1 heterocycles. The third-order valence-corrected chi connectivity index (χ3v) is 4.00. The molecule has 22 heavy (non-hydrogen) atoms. The van der Waals surface area contributed by atoms with Gasteiger partial charge in [0.2, 0.25) is 5.91 Å². The van der Waals surface area contributed by atoms with E-state index in [0.717, 1.165) is 16.5 Å². The molecule has 1 aromatic heterocycles. The fourth-order valence-electron chi connectivity index (χ4n) is 2.65. The Morgan fingerprint density at radius 3 is 2.64 bits per heavy atom. The van der Waals surface area contributed by atoms with Crippen molar-refractivity contribution in [1.82, 2.24) is 5.32 Å². The molecule has 0 atom stereocenters. The third kappa shape index (κ3) is 3.50. The van der Waals surface area contributed by atoms with E-state index in [-0.39, 0.29) is 5.91 Å². The van der Waals surface area contributed by atoms with Gasteiger partial charge in [0.15, 0.2) is 0 Å². The second-order valence-corrected chi connectivity index (χ2v) is 6.93. The molecule has 0 aliphatic heterocycles. The van der Waals surface area contributed by atoms with Crippen LogP contribution in [0.4, 0.5) is 0 Å². The monoisotopic (exact) mass is 302 g/mol. The van der Waals surface area contributed by atoms with Crippen LogP contribution < -0.4 is 11.1 Å². The number of aryl methyl sites for hydroxylation is 1. The molecule has 2 aromatic rings. The molecule has 0 aliphatic carbocycles. The number of nitrogens with two attached hydrogens (primary N) is 1. The van der Waals surface area contributed by atoms with Gasteiger partial charge in [-0.05, 0) is 49.9 Å². The number of hydrogen-bond acceptors (Lipinski definition) is 3. The van der Waals surface area contributed by atoms with Gasteiger partial charge in [-0.3, -0.25) is 4.79 Å². The van der Waals surface area contributed by atoms with Gasteiger partial charge in [-0.25, -0.2) is 0 Å². The number of rotatable bonds is 5. The van der Waals surface area contributed by atoms with Crippen molar-refractivity contribution in [1.29, 1.82) is 0 Å². The van der Waals surface area contributed by atoms with E-state index in [4.69, 9.17) is 10.2 Å². The third-order valence-electron chi connectivity index (χ3n) is 4.00. The van der Waals surface area contributed by atoms with Crippen molar-refractivity contribution in [2.75, 3.05) is 6.54 Å². The second-order valence-electron chi connectivity index (χ2n) is 6.93. The van der Waals surface area contributed by atoms with E-state index >= 15 is 0 Å². The highest BCUT2D eigenvalue weighted by molar-refractivity contribution is 5.88. The summed E-state index contributed by atoms with van der Waals surface area (Å²) in [6, 6.07) is 4.20. The van der Waals surface area contributed by atoms with E-state index in [1.165, 1.54) is 11.1 Å². The van der Waals surface area contributed by atoms with Crippen LogP contribution in [0.2, 0.25) is 0 Å². The molecule has 0 fully saturated rings. The molecule has 1 amide bonds. The number of benzene rings is 1. The summed E-state index contributed by atoms with van der Waals surface area (Å²) < 4.78 is 5.62. The second kappa shape index (κ2) is 6.13. The molecular formula is C18H26N2O2. The predicted octanol–water partition coefficient (Wildman–Crippen LogP) is 3.26. The number of carbonyl (C=O) groups excluding carboxylic acids is 1. The number of furan rings is 1. The standard InChI is InChI=1S/C18H26N2O2/c1-11(2)14-8-15-13(9-22-16(15)6-12(14)3)7-17(21)20-18(4,5)10-19/h6,8-9,11H,7,10,19H2,1-5H3,(H,20,21).